The highest BCUT2D eigenvalue weighted by Gasteiger charge is 2.11. The van der Waals surface area contributed by atoms with Crippen LogP contribution < -0.4 is 0 Å². The van der Waals surface area contributed by atoms with Crippen molar-refractivity contribution in [3.63, 3.8) is 0 Å². The normalized spacial score (nSPS) is 10.4. The monoisotopic (exact) mass is 282 g/mol. The molecular weight excluding hydrogens is 272 g/mol. The topological polar surface area (TPSA) is 34.9 Å². The Balaban J connectivity index is 2.12. The van der Waals surface area contributed by atoms with Gasteiger partial charge in [-0.1, -0.05) is 48.0 Å². The van der Waals surface area contributed by atoms with Crippen LogP contribution in [0.25, 0.3) is 16.9 Å². The molecule has 3 rings (SSSR count). The van der Waals surface area contributed by atoms with Gasteiger partial charge in [0.1, 0.15) is 5.69 Å². The number of nitrogens with zero attached hydrogens (tertiary/aromatic N) is 2. The largest absolute Gasteiger partial charge is 0.298 e. The highest BCUT2D eigenvalue weighted by molar-refractivity contribution is 6.30. The summed E-state index contributed by atoms with van der Waals surface area (Å²) in [4.78, 5) is 11.2. The molecule has 0 amide bonds. The number of hydrogen-bond donors (Lipinski definition) is 0. The molecule has 0 atom stereocenters. The fourth-order valence-electron chi connectivity index (χ4n) is 2.04. The Morgan fingerprint density at radius 3 is 2.55 bits per heavy atom. The van der Waals surface area contributed by atoms with Gasteiger partial charge in [-0.05, 0) is 18.2 Å². The van der Waals surface area contributed by atoms with E-state index in [1.54, 1.807) is 23.0 Å². The minimum Gasteiger partial charge on any atom is -0.298 e. The van der Waals surface area contributed by atoms with E-state index >= 15 is 0 Å². The second-order valence-corrected chi connectivity index (χ2v) is 4.78. The lowest BCUT2D eigenvalue weighted by atomic mass is 10.1. The van der Waals surface area contributed by atoms with Crippen LogP contribution in [-0.4, -0.2) is 16.1 Å². The lowest BCUT2D eigenvalue weighted by Crippen LogP contribution is -1.94. The number of carbonyl (C=O) groups excluding carboxylic acids is 1. The van der Waals surface area contributed by atoms with Gasteiger partial charge < -0.3 is 0 Å². The van der Waals surface area contributed by atoms with Crippen molar-refractivity contribution >= 4 is 17.9 Å². The van der Waals surface area contributed by atoms with Crippen molar-refractivity contribution in [1.29, 1.82) is 0 Å². The molecular formula is C16H11ClN2O. The molecule has 0 spiro atoms. The zero-order chi connectivity index (χ0) is 13.9. The number of benzene rings is 2. The number of hydrogen-bond acceptors (Lipinski definition) is 2. The molecule has 0 aliphatic rings. The summed E-state index contributed by atoms with van der Waals surface area (Å²) in [6.07, 6.45) is 2.53. The van der Waals surface area contributed by atoms with E-state index in [-0.39, 0.29) is 0 Å². The quantitative estimate of drug-likeness (QED) is 0.681. The predicted octanol–water partition coefficient (Wildman–Crippen LogP) is 4.01. The standard InChI is InChI=1S/C16H11ClN2O/c17-14-7-4-8-15(9-14)19-10-13(11-20)16(18-19)12-5-2-1-3-6-12/h1-11H. The van der Waals surface area contributed by atoms with Crippen LogP contribution in [0.1, 0.15) is 10.4 Å². The van der Waals surface area contributed by atoms with E-state index in [4.69, 9.17) is 11.6 Å². The van der Waals surface area contributed by atoms with E-state index < -0.39 is 0 Å². The van der Waals surface area contributed by atoms with E-state index in [1.165, 1.54) is 0 Å². The number of carbonyl (C=O) groups is 1. The molecule has 0 unspecified atom stereocenters. The molecule has 0 radical (unpaired) electrons. The first kappa shape index (κ1) is 12.6. The molecule has 3 nitrogen and oxygen atoms in total. The molecule has 98 valence electrons. The molecule has 0 bridgehead atoms. The third-order valence-electron chi connectivity index (χ3n) is 2.99. The van der Waals surface area contributed by atoms with Crippen molar-refractivity contribution in [2.45, 2.75) is 0 Å². The lowest BCUT2D eigenvalue weighted by Gasteiger charge is -2.01. The Labute approximate surface area is 121 Å². The molecule has 0 N–H and O–H groups in total. The lowest BCUT2D eigenvalue weighted by molar-refractivity contribution is 0.112. The third kappa shape index (κ3) is 2.36. The summed E-state index contributed by atoms with van der Waals surface area (Å²) >= 11 is 5.98. The van der Waals surface area contributed by atoms with Gasteiger partial charge >= 0.3 is 0 Å². The Kier molecular flexibility index (Phi) is 3.35. The predicted molar refractivity (Wildman–Crippen MR) is 79.4 cm³/mol. The maximum atomic E-state index is 11.2. The summed E-state index contributed by atoms with van der Waals surface area (Å²) < 4.78 is 1.66. The molecule has 0 aliphatic heterocycles. The number of rotatable bonds is 3. The van der Waals surface area contributed by atoms with Crippen LogP contribution in [0.3, 0.4) is 0 Å². The fourth-order valence-corrected chi connectivity index (χ4v) is 2.23. The highest BCUT2D eigenvalue weighted by Crippen LogP contribution is 2.23. The van der Waals surface area contributed by atoms with E-state index in [0.717, 1.165) is 17.5 Å². The maximum Gasteiger partial charge on any atom is 0.153 e. The minimum atomic E-state index is 0.552. The van der Waals surface area contributed by atoms with Crippen molar-refractivity contribution in [2.24, 2.45) is 0 Å². The molecule has 0 saturated heterocycles. The van der Waals surface area contributed by atoms with E-state index in [2.05, 4.69) is 5.10 Å². The van der Waals surface area contributed by atoms with Crippen LogP contribution in [0.5, 0.6) is 0 Å². The molecule has 0 fully saturated rings. The first-order chi connectivity index (χ1) is 9.78. The third-order valence-corrected chi connectivity index (χ3v) is 3.22. The van der Waals surface area contributed by atoms with Crippen LogP contribution in [0.2, 0.25) is 5.02 Å². The molecule has 0 saturated carbocycles. The second-order valence-electron chi connectivity index (χ2n) is 4.34. The van der Waals surface area contributed by atoms with Gasteiger partial charge in [0.2, 0.25) is 0 Å². The van der Waals surface area contributed by atoms with Crippen LogP contribution >= 0.6 is 11.6 Å². The molecule has 2 aromatic carbocycles. The summed E-state index contributed by atoms with van der Waals surface area (Å²) in [5, 5.41) is 5.12. The number of aldehydes is 1. The summed E-state index contributed by atoms with van der Waals surface area (Å²) in [6, 6.07) is 17.0. The van der Waals surface area contributed by atoms with Gasteiger partial charge in [-0.25, -0.2) is 4.68 Å². The first-order valence-corrected chi connectivity index (χ1v) is 6.52. The maximum absolute atomic E-state index is 11.2. The van der Waals surface area contributed by atoms with Crippen LogP contribution in [0, 0.1) is 0 Å². The number of halogens is 1. The fraction of sp³-hybridized carbons (Fsp3) is 0. The molecule has 1 heterocycles. The smallest absolute Gasteiger partial charge is 0.153 e. The Hall–Kier alpha value is -2.39. The molecule has 1 aromatic heterocycles. The van der Waals surface area contributed by atoms with Crippen molar-refractivity contribution in [2.75, 3.05) is 0 Å². The minimum absolute atomic E-state index is 0.552. The van der Waals surface area contributed by atoms with Crippen LogP contribution in [0.15, 0.2) is 60.8 Å². The van der Waals surface area contributed by atoms with Gasteiger partial charge in [-0.15, -0.1) is 0 Å². The van der Waals surface area contributed by atoms with Crippen molar-refractivity contribution in [1.82, 2.24) is 9.78 Å². The molecule has 0 aliphatic carbocycles. The highest BCUT2D eigenvalue weighted by atomic mass is 35.5. The van der Waals surface area contributed by atoms with E-state index in [1.807, 2.05) is 42.5 Å². The van der Waals surface area contributed by atoms with Crippen molar-refractivity contribution in [3.8, 4) is 16.9 Å². The summed E-state index contributed by atoms with van der Waals surface area (Å²) in [5.74, 6) is 0. The van der Waals surface area contributed by atoms with Gasteiger partial charge in [0.25, 0.3) is 0 Å². The molecule has 3 aromatic rings. The van der Waals surface area contributed by atoms with E-state index in [0.29, 0.717) is 16.3 Å². The van der Waals surface area contributed by atoms with Crippen LogP contribution in [-0.2, 0) is 0 Å². The summed E-state index contributed by atoms with van der Waals surface area (Å²) in [7, 11) is 0. The zero-order valence-electron chi connectivity index (χ0n) is 10.5. The Bertz CT molecular complexity index is 750. The summed E-state index contributed by atoms with van der Waals surface area (Å²) in [6.45, 7) is 0. The second kappa shape index (κ2) is 5.31. The Morgan fingerprint density at radius 2 is 1.85 bits per heavy atom. The summed E-state index contributed by atoms with van der Waals surface area (Å²) in [5.41, 5.74) is 2.95. The number of aromatic nitrogens is 2. The van der Waals surface area contributed by atoms with Gasteiger partial charge in [-0.3, -0.25) is 4.79 Å². The molecule has 4 heteroatoms. The van der Waals surface area contributed by atoms with Crippen molar-refractivity contribution in [3.05, 3.63) is 71.4 Å². The van der Waals surface area contributed by atoms with E-state index in [9.17, 15) is 4.79 Å². The van der Waals surface area contributed by atoms with Gasteiger partial charge in [0.05, 0.1) is 11.3 Å². The van der Waals surface area contributed by atoms with Crippen LogP contribution in [0.4, 0.5) is 0 Å². The van der Waals surface area contributed by atoms with Gasteiger partial charge in [-0.2, -0.15) is 5.10 Å². The SMILES string of the molecule is O=Cc1cn(-c2cccc(Cl)c2)nc1-c1ccccc1. The average molecular weight is 283 g/mol. The Morgan fingerprint density at radius 1 is 1.05 bits per heavy atom. The first-order valence-electron chi connectivity index (χ1n) is 6.14. The van der Waals surface area contributed by atoms with Gasteiger partial charge in [0, 0.05) is 16.8 Å². The molecule has 20 heavy (non-hydrogen) atoms. The zero-order valence-corrected chi connectivity index (χ0v) is 11.3. The van der Waals surface area contributed by atoms with Crippen molar-refractivity contribution < 1.29 is 4.79 Å². The average Bonchev–Trinajstić information content (AvgIpc) is 2.92. The van der Waals surface area contributed by atoms with Gasteiger partial charge in [0.15, 0.2) is 6.29 Å².